The Morgan fingerprint density at radius 1 is 1.29 bits per heavy atom. The molecule has 0 aromatic carbocycles. The molecule has 0 amide bonds. The molecule has 0 aromatic rings. The van der Waals surface area contributed by atoms with Gasteiger partial charge in [-0.15, -0.1) is 0 Å². The zero-order valence-electron chi connectivity index (χ0n) is 10.7. The van der Waals surface area contributed by atoms with Crippen molar-refractivity contribution in [2.24, 2.45) is 0 Å². The van der Waals surface area contributed by atoms with Gasteiger partial charge in [0, 0.05) is 5.54 Å². The van der Waals surface area contributed by atoms with Gasteiger partial charge in [-0.3, -0.25) is 0 Å². The molecule has 0 aromatic heterocycles. The number of nitrogens with one attached hydrogen (secondary N) is 1. The predicted octanol–water partition coefficient (Wildman–Crippen LogP) is 0.639. The first kappa shape index (κ1) is 13.3. The van der Waals surface area contributed by atoms with Crippen LogP contribution in [0, 0.1) is 0 Å². The first-order chi connectivity index (χ1) is 7.99. The Morgan fingerprint density at radius 3 is 2.59 bits per heavy atom. The highest BCUT2D eigenvalue weighted by Gasteiger charge is 2.37. The van der Waals surface area contributed by atoms with Crippen molar-refractivity contribution >= 4 is 9.84 Å². The summed E-state index contributed by atoms with van der Waals surface area (Å²) >= 11 is 0. The second-order valence-corrected chi connectivity index (χ2v) is 7.92. The lowest BCUT2D eigenvalue weighted by atomic mass is 10.0. The fourth-order valence-electron chi connectivity index (χ4n) is 2.85. The van der Waals surface area contributed by atoms with Crippen molar-refractivity contribution in [1.29, 1.82) is 0 Å². The third-order valence-corrected chi connectivity index (χ3v) is 5.81. The number of nitrogens with zero attached hydrogens (tertiary/aromatic N) is 1. The van der Waals surface area contributed by atoms with Crippen molar-refractivity contribution in [3.05, 3.63) is 0 Å². The number of hydrogen-bond acceptors (Lipinski definition) is 4. The molecule has 2 heterocycles. The molecular weight excluding hydrogens is 236 g/mol. The van der Waals surface area contributed by atoms with Gasteiger partial charge in [0.05, 0.1) is 11.5 Å². The van der Waals surface area contributed by atoms with E-state index in [-0.39, 0.29) is 5.54 Å². The lowest BCUT2D eigenvalue weighted by Gasteiger charge is -2.24. The van der Waals surface area contributed by atoms with Crippen LogP contribution in [0.2, 0.25) is 0 Å². The summed E-state index contributed by atoms with van der Waals surface area (Å²) in [6, 6.07) is 0. The zero-order chi connectivity index (χ0) is 12.4. The number of likely N-dealkylation sites (tertiary alicyclic amines) is 1. The number of rotatable bonds is 5. The quantitative estimate of drug-likeness (QED) is 0.737. The number of sulfone groups is 1. The summed E-state index contributed by atoms with van der Waals surface area (Å²) in [5.74, 6) is 0.659. The van der Waals surface area contributed by atoms with Crippen molar-refractivity contribution in [2.45, 2.75) is 38.1 Å². The molecule has 0 aliphatic carbocycles. The van der Waals surface area contributed by atoms with Gasteiger partial charge >= 0.3 is 0 Å². The first-order valence-electron chi connectivity index (χ1n) is 6.67. The average molecular weight is 260 g/mol. The highest BCUT2D eigenvalue weighted by atomic mass is 32.2. The molecule has 2 saturated heterocycles. The van der Waals surface area contributed by atoms with Crippen LogP contribution in [0.4, 0.5) is 0 Å². The standard InChI is InChI=1S/C12H24N2O2S/c1-12(5-10-17(15,16)11-12)13-6-4-9-14-7-2-3-8-14/h13H,2-11H2,1H3. The molecule has 2 aliphatic rings. The molecule has 2 aliphatic heterocycles. The molecule has 17 heavy (non-hydrogen) atoms. The van der Waals surface area contributed by atoms with E-state index >= 15 is 0 Å². The SMILES string of the molecule is CC1(NCCCN2CCCC2)CCS(=O)(=O)C1. The minimum absolute atomic E-state index is 0.177. The molecule has 2 rings (SSSR count). The summed E-state index contributed by atoms with van der Waals surface area (Å²) < 4.78 is 22.9. The minimum atomic E-state index is -2.78. The van der Waals surface area contributed by atoms with Gasteiger partial charge in [-0.25, -0.2) is 8.42 Å². The Bertz CT molecular complexity index is 350. The summed E-state index contributed by atoms with van der Waals surface area (Å²) in [4.78, 5) is 2.50. The highest BCUT2D eigenvalue weighted by molar-refractivity contribution is 7.91. The Balaban J connectivity index is 1.64. The van der Waals surface area contributed by atoms with E-state index in [0.29, 0.717) is 11.5 Å². The molecule has 0 radical (unpaired) electrons. The predicted molar refractivity (Wildman–Crippen MR) is 70.0 cm³/mol. The minimum Gasteiger partial charge on any atom is -0.310 e. The summed E-state index contributed by atoms with van der Waals surface area (Å²) in [7, 11) is -2.78. The van der Waals surface area contributed by atoms with Crippen LogP contribution in [0.1, 0.15) is 32.6 Å². The van der Waals surface area contributed by atoms with E-state index in [4.69, 9.17) is 0 Å². The van der Waals surface area contributed by atoms with Crippen LogP contribution in [0.3, 0.4) is 0 Å². The third-order valence-electron chi connectivity index (χ3n) is 3.90. The molecular formula is C12H24N2O2S. The van der Waals surface area contributed by atoms with Crippen molar-refractivity contribution < 1.29 is 8.42 Å². The van der Waals surface area contributed by atoms with Crippen molar-refractivity contribution in [2.75, 3.05) is 37.7 Å². The highest BCUT2D eigenvalue weighted by Crippen LogP contribution is 2.22. The molecule has 4 nitrogen and oxygen atoms in total. The van der Waals surface area contributed by atoms with Gasteiger partial charge in [0.1, 0.15) is 0 Å². The fourth-order valence-corrected chi connectivity index (χ4v) is 4.97. The maximum Gasteiger partial charge on any atom is 0.152 e. The van der Waals surface area contributed by atoms with Crippen molar-refractivity contribution in [3.8, 4) is 0 Å². The van der Waals surface area contributed by atoms with Crippen molar-refractivity contribution in [1.82, 2.24) is 10.2 Å². The van der Waals surface area contributed by atoms with Crippen molar-refractivity contribution in [3.63, 3.8) is 0 Å². The van der Waals surface area contributed by atoms with Crippen LogP contribution in [0.25, 0.3) is 0 Å². The van der Waals surface area contributed by atoms with Gasteiger partial charge < -0.3 is 10.2 Å². The molecule has 1 N–H and O–H groups in total. The molecule has 0 spiro atoms. The first-order valence-corrected chi connectivity index (χ1v) is 8.49. The van der Waals surface area contributed by atoms with Gasteiger partial charge in [-0.2, -0.15) is 0 Å². The topological polar surface area (TPSA) is 49.4 Å². The largest absolute Gasteiger partial charge is 0.310 e. The molecule has 2 fully saturated rings. The zero-order valence-corrected chi connectivity index (χ0v) is 11.6. The van der Waals surface area contributed by atoms with Crippen LogP contribution in [0.5, 0.6) is 0 Å². The van der Waals surface area contributed by atoms with E-state index in [1.54, 1.807) is 0 Å². The monoisotopic (exact) mass is 260 g/mol. The molecule has 0 bridgehead atoms. The van der Waals surface area contributed by atoms with Crippen LogP contribution >= 0.6 is 0 Å². The third kappa shape index (κ3) is 3.93. The second-order valence-electron chi connectivity index (χ2n) is 5.73. The number of hydrogen-bond donors (Lipinski definition) is 1. The maximum atomic E-state index is 11.4. The molecule has 100 valence electrons. The summed E-state index contributed by atoms with van der Waals surface area (Å²) in [6.07, 6.45) is 4.56. The lowest BCUT2D eigenvalue weighted by molar-refractivity contribution is 0.316. The summed E-state index contributed by atoms with van der Waals surface area (Å²) in [5.41, 5.74) is -0.177. The Morgan fingerprint density at radius 2 is 2.00 bits per heavy atom. The van der Waals surface area contributed by atoms with Gasteiger partial charge in [0.15, 0.2) is 9.84 Å². The van der Waals surface area contributed by atoms with Crippen LogP contribution in [0.15, 0.2) is 0 Å². The van der Waals surface area contributed by atoms with E-state index in [2.05, 4.69) is 10.2 Å². The van der Waals surface area contributed by atoms with Gasteiger partial charge in [0.25, 0.3) is 0 Å². The summed E-state index contributed by atoms with van der Waals surface area (Å²) in [5, 5.41) is 3.43. The van der Waals surface area contributed by atoms with Crippen LogP contribution < -0.4 is 5.32 Å². The fraction of sp³-hybridized carbons (Fsp3) is 1.00. The van der Waals surface area contributed by atoms with Crippen LogP contribution in [-0.2, 0) is 9.84 Å². The van der Waals surface area contributed by atoms with E-state index in [1.165, 1.54) is 25.9 Å². The van der Waals surface area contributed by atoms with E-state index in [1.807, 2.05) is 6.92 Å². The van der Waals surface area contributed by atoms with E-state index < -0.39 is 9.84 Å². The lowest BCUT2D eigenvalue weighted by Crippen LogP contribution is -2.44. The van der Waals surface area contributed by atoms with Gasteiger partial charge in [-0.1, -0.05) is 0 Å². The second kappa shape index (κ2) is 5.24. The Kier molecular flexibility index (Phi) is 4.10. The summed E-state index contributed by atoms with van der Waals surface area (Å²) in [6.45, 7) is 6.60. The van der Waals surface area contributed by atoms with Gasteiger partial charge in [-0.05, 0) is 58.8 Å². The van der Waals surface area contributed by atoms with Crippen LogP contribution in [-0.4, -0.2) is 56.5 Å². The molecule has 0 saturated carbocycles. The maximum absolute atomic E-state index is 11.4. The molecule has 1 unspecified atom stereocenters. The Labute approximate surface area is 105 Å². The molecule has 5 heteroatoms. The van der Waals surface area contributed by atoms with E-state index in [9.17, 15) is 8.42 Å². The smallest absolute Gasteiger partial charge is 0.152 e. The normalized spacial score (nSPS) is 33.2. The Hall–Kier alpha value is -0.130. The van der Waals surface area contributed by atoms with Gasteiger partial charge in [0.2, 0.25) is 0 Å². The van der Waals surface area contributed by atoms with E-state index in [0.717, 1.165) is 25.9 Å². The average Bonchev–Trinajstić information content (AvgIpc) is 2.82. The molecule has 1 atom stereocenters.